The fraction of sp³-hybridized carbons (Fsp3) is 0.143. The highest BCUT2D eigenvalue weighted by Crippen LogP contribution is 2.33. The fourth-order valence-electron chi connectivity index (χ4n) is 2.56. The van der Waals surface area contributed by atoms with Crippen molar-refractivity contribution < 1.29 is 9.53 Å². The molecule has 0 aromatic heterocycles. The lowest BCUT2D eigenvalue weighted by molar-refractivity contribution is -0.128. The van der Waals surface area contributed by atoms with Crippen LogP contribution in [0.2, 0.25) is 0 Å². The average Bonchev–Trinajstić information content (AvgIpc) is 2.68. The zero-order chi connectivity index (χ0) is 18.4. The van der Waals surface area contributed by atoms with E-state index in [1.165, 1.54) is 0 Å². The van der Waals surface area contributed by atoms with Crippen LogP contribution in [0.3, 0.4) is 0 Å². The van der Waals surface area contributed by atoms with E-state index >= 15 is 0 Å². The maximum atomic E-state index is 12.4. The quantitative estimate of drug-likeness (QED) is 0.463. The lowest BCUT2D eigenvalue weighted by Gasteiger charge is -2.17. The van der Waals surface area contributed by atoms with Crippen molar-refractivity contribution in [1.29, 1.82) is 0 Å². The van der Waals surface area contributed by atoms with Crippen LogP contribution in [-0.2, 0) is 4.79 Å². The number of benzene rings is 3. The maximum Gasteiger partial charge on any atom is 0.281 e. The zero-order valence-electron chi connectivity index (χ0n) is 14.4. The monoisotopic (exact) mass is 410 g/mol. The normalized spacial score (nSPS) is 12.2. The average molecular weight is 411 g/mol. The number of carbonyl (C=O) groups is 1. The van der Waals surface area contributed by atoms with E-state index < -0.39 is 6.10 Å². The molecule has 4 nitrogen and oxygen atoms in total. The third kappa shape index (κ3) is 4.29. The molecule has 0 fully saturated rings. The van der Waals surface area contributed by atoms with Crippen LogP contribution in [0.5, 0.6) is 5.75 Å². The van der Waals surface area contributed by atoms with Gasteiger partial charge in [0.1, 0.15) is 5.75 Å². The summed E-state index contributed by atoms with van der Waals surface area (Å²) in [6.45, 7) is 1.90. The van der Waals surface area contributed by atoms with E-state index in [-0.39, 0.29) is 5.91 Å². The number of ether oxygens (including phenoxy) is 1. The molecule has 26 heavy (non-hydrogen) atoms. The van der Waals surface area contributed by atoms with E-state index in [4.69, 9.17) is 4.74 Å². The van der Waals surface area contributed by atoms with Gasteiger partial charge in [0.2, 0.25) is 0 Å². The van der Waals surface area contributed by atoms with Crippen molar-refractivity contribution in [3.05, 3.63) is 76.8 Å². The summed E-state index contributed by atoms with van der Waals surface area (Å²) in [5, 5.41) is 6.16. The summed E-state index contributed by atoms with van der Waals surface area (Å²) < 4.78 is 6.78. The summed E-state index contributed by atoms with van der Waals surface area (Å²) in [5.74, 6) is 0.359. The number of nitrogens with one attached hydrogen (secondary N) is 1. The molecule has 132 valence electrons. The van der Waals surface area contributed by atoms with Crippen molar-refractivity contribution in [3.8, 4) is 5.75 Å². The number of rotatable bonds is 6. The summed E-state index contributed by atoms with van der Waals surface area (Å²) in [4.78, 5) is 12.4. The highest BCUT2D eigenvalue weighted by molar-refractivity contribution is 9.10. The Labute approximate surface area is 161 Å². The van der Waals surface area contributed by atoms with Crippen molar-refractivity contribution in [1.82, 2.24) is 5.43 Å². The Bertz CT molecular complexity index is 926. The van der Waals surface area contributed by atoms with E-state index in [1.54, 1.807) is 6.21 Å². The van der Waals surface area contributed by atoms with Gasteiger partial charge in [-0.25, -0.2) is 5.43 Å². The lowest BCUT2D eigenvalue weighted by atomic mass is 10.1. The second-order valence-corrected chi connectivity index (χ2v) is 6.55. The van der Waals surface area contributed by atoms with E-state index in [0.717, 1.165) is 20.8 Å². The predicted octanol–water partition coefficient (Wildman–Crippen LogP) is 4.91. The number of hydrogen-bond donors (Lipinski definition) is 1. The first-order valence-corrected chi connectivity index (χ1v) is 9.20. The Balaban J connectivity index is 1.70. The van der Waals surface area contributed by atoms with Gasteiger partial charge in [0, 0.05) is 0 Å². The maximum absolute atomic E-state index is 12.4. The molecule has 0 aliphatic rings. The van der Waals surface area contributed by atoms with Gasteiger partial charge in [0.05, 0.1) is 10.7 Å². The smallest absolute Gasteiger partial charge is 0.281 e. The molecular weight excluding hydrogens is 392 g/mol. The molecule has 0 aliphatic heterocycles. The molecule has 3 aromatic carbocycles. The molecule has 5 heteroatoms. The Kier molecular flexibility index (Phi) is 6.02. The van der Waals surface area contributed by atoms with Gasteiger partial charge < -0.3 is 4.74 Å². The van der Waals surface area contributed by atoms with Crippen molar-refractivity contribution in [2.75, 3.05) is 0 Å². The third-order valence-electron chi connectivity index (χ3n) is 3.95. The van der Waals surface area contributed by atoms with Gasteiger partial charge in [0.15, 0.2) is 6.10 Å². The molecule has 0 spiro atoms. The first-order chi connectivity index (χ1) is 12.7. The minimum absolute atomic E-state index is 0.278. The van der Waals surface area contributed by atoms with Crippen LogP contribution in [0.25, 0.3) is 10.8 Å². The molecule has 0 bridgehead atoms. The Morgan fingerprint density at radius 1 is 1.12 bits per heavy atom. The van der Waals surface area contributed by atoms with E-state index in [1.807, 2.05) is 73.7 Å². The Morgan fingerprint density at radius 3 is 2.62 bits per heavy atom. The van der Waals surface area contributed by atoms with Gasteiger partial charge in [-0.3, -0.25) is 4.79 Å². The van der Waals surface area contributed by atoms with Gasteiger partial charge in [-0.05, 0) is 44.8 Å². The molecule has 0 saturated heterocycles. The largest absolute Gasteiger partial charge is 0.479 e. The standard InChI is InChI=1S/C21H19BrN2O2/c1-2-18(21(25)24-23-14-15-8-4-3-5-9-15)26-19-13-12-16-10-6-7-11-17(16)20(19)22/h3-14,18H,2H2,1H3,(H,24,25)/b23-14-. The van der Waals surface area contributed by atoms with Crippen molar-refractivity contribution in [2.45, 2.75) is 19.4 Å². The second-order valence-electron chi connectivity index (χ2n) is 5.76. The number of nitrogens with zero attached hydrogens (tertiary/aromatic N) is 1. The van der Waals surface area contributed by atoms with Gasteiger partial charge >= 0.3 is 0 Å². The first kappa shape index (κ1) is 18.1. The summed E-state index contributed by atoms with van der Waals surface area (Å²) in [6.07, 6.45) is 1.52. The van der Waals surface area contributed by atoms with Crippen LogP contribution in [-0.4, -0.2) is 18.2 Å². The molecule has 0 saturated carbocycles. The fourth-order valence-corrected chi connectivity index (χ4v) is 3.15. The summed E-state index contributed by atoms with van der Waals surface area (Å²) in [5.41, 5.74) is 3.47. The zero-order valence-corrected chi connectivity index (χ0v) is 15.9. The van der Waals surface area contributed by atoms with Crippen molar-refractivity contribution >= 4 is 38.8 Å². The van der Waals surface area contributed by atoms with Crippen LogP contribution in [0.4, 0.5) is 0 Å². The Morgan fingerprint density at radius 2 is 1.85 bits per heavy atom. The number of amides is 1. The summed E-state index contributed by atoms with van der Waals surface area (Å²) in [7, 11) is 0. The van der Waals surface area contributed by atoms with Crippen LogP contribution in [0.1, 0.15) is 18.9 Å². The Hall–Kier alpha value is -2.66. The number of halogens is 1. The summed E-state index contributed by atoms with van der Waals surface area (Å²) in [6, 6.07) is 21.4. The van der Waals surface area contributed by atoms with Crippen molar-refractivity contribution in [3.63, 3.8) is 0 Å². The molecular formula is C21H19BrN2O2. The van der Waals surface area contributed by atoms with Crippen LogP contribution < -0.4 is 10.2 Å². The topological polar surface area (TPSA) is 50.7 Å². The number of hydrazone groups is 1. The number of carbonyl (C=O) groups excluding carboxylic acids is 1. The molecule has 0 aliphatic carbocycles. The molecule has 1 amide bonds. The highest BCUT2D eigenvalue weighted by Gasteiger charge is 2.19. The van der Waals surface area contributed by atoms with Crippen LogP contribution in [0.15, 0.2) is 76.3 Å². The second kappa shape index (κ2) is 8.63. The number of hydrogen-bond acceptors (Lipinski definition) is 3. The van der Waals surface area contributed by atoms with Gasteiger partial charge in [-0.15, -0.1) is 0 Å². The minimum atomic E-state index is -0.625. The number of fused-ring (bicyclic) bond motifs is 1. The van der Waals surface area contributed by atoms with E-state index in [9.17, 15) is 4.79 Å². The van der Waals surface area contributed by atoms with Gasteiger partial charge in [-0.1, -0.05) is 67.6 Å². The molecule has 3 aromatic rings. The molecule has 1 atom stereocenters. The van der Waals surface area contributed by atoms with E-state index in [2.05, 4.69) is 26.5 Å². The molecule has 3 rings (SSSR count). The van der Waals surface area contributed by atoms with Gasteiger partial charge in [-0.2, -0.15) is 5.10 Å². The molecule has 0 radical (unpaired) electrons. The van der Waals surface area contributed by atoms with Crippen molar-refractivity contribution in [2.24, 2.45) is 5.10 Å². The highest BCUT2D eigenvalue weighted by atomic mass is 79.9. The first-order valence-electron chi connectivity index (χ1n) is 8.41. The van der Waals surface area contributed by atoms with Crippen LogP contribution >= 0.6 is 15.9 Å². The third-order valence-corrected chi connectivity index (χ3v) is 4.77. The predicted molar refractivity (Wildman–Crippen MR) is 109 cm³/mol. The summed E-state index contributed by atoms with van der Waals surface area (Å²) >= 11 is 3.59. The SMILES string of the molecule is CCC(Oc1ccc2ccccc2c1Br)C(=O)N/N=C\c1ccccc1. The van der Waals surface area contributed by atoms with Crippen LogP contribution in [0, 0.1) is 0 Å². The van der Waals surface area contributed by atoms with Gasteiger partial charge in [0.25, 0.3) is 5.91 Å². The minimum Gasteiger partial charge on any atom is -0.479 e. The molecule has 1 unspecified atom stereocenters. The lowest BCUT2D eigenvalue weighted by Crippen LogP contribution is -2.35. The van der Waals surface area contributed by atoms with E-state index in [0.29, 0.717) is 12.2 Å². The molecule has 0 heterocycles. The molecule has 1 N–H and O–H groups in total.